The Morgan fingerprint density at radius 2 is 2.27 bits per heavy atom. The Balaban J connectivity index is 2.37. The van der Waals surface area contributed by atoms with Gasteiger partial charge in [0.1, 0.15) is 5.75 Å². The number of carbonyl (C=O) groups excluding carboxylic acids is 1. The third-order valence-electron chi connectivity index (χ3n) is 3.42. The molecule has 0 unspecified atom stereocenters. The Bertz CT molecular complexity index is 675. The maximum Gasteiger partial charge on any atom is 0.216 e. The third-order valence-corrected chi connectivity index (χ3v) is 5.53. The zero-order valence-electron chi connectivity index (χ0n) is 12.5. The number of alkyl halides is 1. The van der Waals surface area contributed by atoms with Crippen LogP contribution in [0.4, 0.5) is 0 Å². The van der Waals surface area contributed by atoms with Crippen molar-refractivity contribution in [2.75, 3.05) is 18.5 Å². The van der Waals surface area contributed by atoms with E-state index in [0.29, 0.717) is 13.2 Å². The van der Waals surface area contributed by atoms with Crippen LogP contribution in [0.2, 0.25) is 0 Å². The van der Waals surface area contributed by atoms with Gasteiger partial charge < -0.3 is 10.1 Å². The van der Waals surface area contributed by atoms with Crippen LogP contribution in [-0.2, 0) is 11.2 Å². The van der Waals surface area contributed by atoms with Crippen molar-refractivity contribution in [2.24, 2.45) is 0 Å². The van der Waals surface area contributed by atoms with Gasteiger partial charge in [-0.1, -0.05) is 15.9 Å². The highest BCUT2D eigenvalue weighted by Gasteiger charge is 2.15. The van der Waals surface area contributed by atoms with Crippen molar-refractivity contribution in [1.29, 1.82) is 0 Å². The quantitative estimate of drug-likeness (QED) is 0.460. The second-order valence-electron chi connectivity index (χ2n) is 4.88. The fraction of sp³-hybridized carbons (Fsp3) is 0.400. The van der Waals surface area contributed by atoms with E-state index in [4.69, 9.17) is 4.74 Å². The predicted octanol–water partition coefficient (Wildman–Crippen LogP) is 4.25. The molecule has 0 spiro atoms. The van der Waals surface area contributed by atoms with E-state index >= 15 is 0 Å². The number of ether oxygens (including phenoxy) is 1. The normalized spacial score (nSPS) is 10.9. The molecule has 1 aromatic heterocycles. The SMILES string of the molecule is CC(=O)NCCc1c(C)n(SI)c2ccc(OCCBr)cc12. The Hall–Kier alpha value is -0.410. The number of rotatable bonds is 7. The second kappa shape index (κ2) is 8.44. The molecule has 1 heterocycles. The Morgan fingerprint density at radius 3 is 2.91 bits per heavy atom. The number of hydrogen-bond donors (Lipinski definition) is 1. The van der Waals surface area contributed by atoms with Crippen LogP contribution in [-0.4, -0.2) is 28.4 Å². The average molecular weight is 497 g/mol. The number of aromatic nitrogens is 1. The van der Waals surface area contributed by atoms with E-state index in [1.165, 1.54) is 22.2 Å². The van der Waals surface area contributed by atoms with Gasteiger partial charge in [0, 0.05) is 60.2 Å². The molecule has 1 N–H and O–H groups in total. The predicted molar refractivity (Wildman–Crippen MR) is 105 cm³/mol. The molecule has 1 aromatic carbocycles. The molecule has 0 fully saturated rings. The van der Waals surface area contributed by atoms with Crippen molar-refractivity contribution in [1.82, 2.24) is 9.29 Å². The lowest BCUT2D eigenvalue weighted by Gasteiger charge is -2.06. The van der Waals surface area contributed by atoms with Crippen LogP contribution in [0.25, 0.3) is 10.9 Å². The van der Waals surface area contributed by atoms with Crippen molar-refractivity contribution >= 4 is 63.1 Å². The number of fused-ring (bicyclic) bond motifs is 1. The first-order valence-electron chi connectivity index (χ1n) is 6.94. The van der Waals surface area contributed by atoms with Crippen molar-refractivity contribution in [3.8, 4) is 5.75 Å². The van der Waals surface area contributed by atoms with Crippen LogP contribution < -0.4 is 10.1 Å². The Morgan fingerprint density at radius 1 is 1.50 bits per heavy atom. The van der Waals surface area contributed by atoms with Gasteiger partial charge in [-0.05, 0) is 37.1 Å². The fourth-order valence-electron chi connectivity index (χ4n) is 2.45. The molecule has 0 atom stereocenters. The summed E-state index contributed by atoms with van der Waals surface area (Å²) in [6.07, 6.45) is 0.814. The molecule has 0 bridgehead atoms. The first kappa shape index (κ1) is 17.9. The minimum absolute atomic E-state index is 0.00556. The van der Waals surface area contributed by atoms with Crippen molar-refractivity contribution in [2.45, 2.75) is 20.3 Å². The largest absolute Gasteiger partial charge is 0.493 e. The molecule has 2 rings (SSSR count). The smallest absolute Gasteiger partial charge is 0.216 e. The zero-order chi connectivity index (χ0) is 16.1. The van der Waals surface area contributed by atoms with Gasteiger partial charge in [0.2, 0.25) is 5.91 Å². The van der Waals surface area contributed by atoms with Gasteiger partial charge in [-0.2, -0.15) is 0 Å². The maximum absolute atomic E-state index is 11.1. The summed E-state index contributed by atoms with van der Waals surface area (Å²) in [5.74, 6) is 0.884. The summed E-state index contributed by atoms with van der Waals surface area (Å²) in [5.41, 5.74) is 3.66. The van der Waals surface area contributed by atoms with Crippen LogP contribution in [0.3, 0.4) is 0 Å². The first-order valence-corrected chi connectivity index (χ1v) is 11.4. The highest BCUT2D eigenvalue weighted by Crippen LogP contribution is 2.34. The van der Waals surface area contributed by atoms with E-state index in [9.17, 15) is 4.79 Å². The number of amides is 1. The Kier molecular flexibility index (Phi) is 6.88. The average Bonchev–Trinajstić information content (AvgIpc) is 2.76. The molecule has 22 heavy (non-hydrogen) atoms. The third kappa shape index (κ3) is 4.11. The minimum atomic E-state index is 0.00556. The van der Waals surface area contributed by atoms with Gasteiger partial charge in [-0.15, -0.1) is 0 Å². The van der Waals surface area contributed by atoms with Crippen molar-refractivity contribution in [3.05, 3.63) is 29.5 Å². The lowest BCUT2D eigenvalue weighted by atomic mass is 10.1. The molecule has 0 aliphatic heterocycles. The molecular weight excluding hydrogens is 479 g/mol. The molecule has 120 valence electrons. The van der Waals surface area contributed by atoms with E-state index in [-0.39, 0.29) is 5.91 Å². The highest BCUT2D eigenvalue weighted by atomic mass is 127. The van der Waals surface area contributed by atoms with E-state index in [1.54, 1.807) is 16.0 Å². The van der Waals surface area contributed by atoms with Crippen LogP contribution in [0.1, 0.15) is 18.2 Å². The minimum Gasteiger partial charge on any atom is -0.493 e. The van der Waals surface area contributed by atoms with Gasteiger partial charge in [-0.25, -0.2) is 0 Å². The molecule has 0 radical (unpaired) electrons. The maximum atomic E-state index is 11.1. The van der Waals surface area contributed by atoms with Gasteiger partial charge in [0.25, 0.3) is 0 Å². The number of carbonyl (C=O) groups is 1. The second-order valence-corrected chi connectivity index (χ2v) is 7.35. The van der Waals surface area contributed by atoms with Crippen LogP contribution in [0.15, 0.2) is 18.2 Å². The van der Waals surface area contributed by atoms with E-state index < -0.39 is 0 Å². The Labute approximate surface area is 155 Å². The number of halogens is 2. The number of hydrogen-bond acceptors (Lipinski definition) is 3. The van der Waals surface area contributed by atoms with E-state index in [1.807, 2.05) is 6.07 Å². The van der Waals surface area contributed by atoms with Crippen LogP contribution in [0.5, 0.6) is 5.75 Å². The van der Waals surface area contributed by atoms with E-state index in [0.717, 1.165) is 17.5 Å². The van der Waals surface area contributed by atoms with Gasteiger partial charge in [0.05, 0.1) is 12.1 Å². The van der Waals surface area contributed by atoms with E-state index in [2.05, 4.69) is 65.5 Å². The molecule has 0 aliphatic carbocycles. The molecule has 1 amide bonds. The number of benzene rings is 1. The topological polar surface area (TPSA) is 43.3 Å². The summed E-state index contributed by atoms with van der Waals surface area (Å²) in [6, 6.07) is 6.20. The number of nitrogens with one attached hydrogen (secondary N) is 1. The lowest BCUT2D eigenvalue weighted by molar-refractivity contribution is -0.118. The summed E-state index contributed by atoms with van der Waals surface area (Å²) in [7, 11) is 1.66. The standard InChI is InChI=1S/C15H18BrIN2O2S/c1-10-13(5-7-18-11(2)20)14-9-12(21-8-6-16)3-4-15(14)19(10)22-17/h3-4,9H,5-8H2,1-2H3,(H,18,20). The fourth-order valence-corrected chi connectivity index (χ4v) is 4.58. The van der Waals surface area contributed by atoms with Crippen molar-refractivity contribution < 1.29 is 9.53 Å². The molecule has 0 aliphatic rings. The first-order chi connectivity index (χ1) is 10.6. The van der Waals surface area contributed by atoms with Gasteiger partial charge >= 0.3 is 0 Å². The van der Waals surface area contributed by atoms with Crippen molar-refractivity contribution in [3.63, 3.8) is 0 Å². The molecule has 2 aromatic rings. The number of nitrogens with zero attached hydrogens (tertiary/aromatic N) is 1. The summed E-state index contributed by atoms with van der Waals surface area (Å²) >= 11 is 5.66. The summed E-state index contributed by atoms with van der Waals surface area (Å²) in [6.45, 7) is 4.96. The summed E-state index contributed by atoms with van der Waals surface area (Å²) in [4.78, 5) is 11.1. The summed E-state index contributed by atoms with van der Waals surface area (Å²) in [5, 5.41) is 4.87. The monoisotopic (exact) mass is 496 g/mol. The molecule has 0 saturated heterocycles. The van der Waals surface area contributed by atoms with Crippen LogP contribution >= 0.6 is 46.3 Å². The highest BCUT2D eigenvalue weighted by molar-refractivity contribution is 14.2. The molecular formula is C15H18BrIN2O2S. The van der Waals surface area contributed by atoms with Crippen LogP contribution in [0, 0.1) is 6.92 Å². The molecule has 4 nitrogen and oxygen atoms in total. The molecule has 7 heteroatoms. The summed E-state index contributed by atoms with van der Waals surface area (Å²) < 4.78 is 7.92. The van der Waals surface area contributed by atoms with Gasteiger partial charge in [-0.3, -0.25) is 8.77 Å². The molecule has 0 saturated carbocycles. The van der Waals surface area contributed by atoms with Gasteiger partial charge in [0.15, 0.2) is 0 Å². The lowest BCUT2D eigenvalue weighted by Crippen LogP contribution is -2.22. The zero-order valence-corrected chi connectivity index (χ0v) is 17.0.